The molecule has 0 aliphatic carbocycles. The Balaban J connectivity index is 2.08. The van der Waals surface area contributed by atoms with Crippen molar-refractivity contribution in [3.8, 4) is 5.75 Å². The number of hydrogen-bond acceptors (Lipinski definition) is 5. The minimum absolute atomic E-state index is 0.130. The number of nitrogens with zero attached hydrogens (tertiary/aromatic N) is 2. The summed E-state index contributed by atoms with van der Waals surface area (Å²) < 4.78 is 9.74. The molecule has 120 valence electrons. The van der Waals surface area contributed by atoms with Crippen molar-refractivity contribution in [3.05, 3.63) is 54.8 Å². The maximum absolute atomic E-state index is 12.5. The average Bonchev–Trinajstić information content (AvgIpc) is 3.06. The molecule has 2 amide bonds. The molecule has 0 saturated heterocycles. The third-order valence-corrected chi connectivity index (χ3v) is 2.99. The first-order valence-electron chi connectivity index (χ1n) is 6.88. The molecular weight excluding hydrogens is 298 g/mol. The summed E-state index contributed by atoms with van der Waals surface area (Å²) in [4.78, 5) is 25.9. The monoisotopic (exact) mass is 315 g/mol. The van der Waals surface area contributed by atoms with Gasteiger partial charge in [0.25, 0.3) is 5.91 Å². The Kier molecular flexibility index (Phi) is 5.51. The highest BCUT2D eigenvalue weighted by molar-refractivity contribution is 5.99. The molecule has 7 heteroatoms. The topological polar surface area (TPSA) is 84.7 Å². The number of anilines is 1. The number of methoxy groups -OCH3 is 1. The van der Waals surface area contributed by atoms with Crippen LogP contribution in [0.2, 0.25) is 0 Å². The Hall–Kier alpha value is -3.09. The standard InChI is InChI=1S/C16H17N3O4/c1-3-8-19(11-15(20)17-14-7-9-23-18-14)16(21)12-5-4-6-13(10-12)22-2/h3-7,9-10H,1,8,11H2,2H3,(H,17,18,20). The van der Waals surface area contributed by atoms with Gasteiger partial charge in [0.1, 0.15) is 18.6 Å². The molecule has 0 aliphatic heterocycles. The van der Waals surface area contributed by atoms with Crippen LogP contribution >= 0.6 is 0 Å². The van der Waals surface area contributed by atoms with E-state index in [4.69, 9.17) is 4.74 Å². The molecule has 0 unspecified atom stereocenters. The van der Waals surface area contributed by atoms with Crippen molar-refractivity contribution < 1.29 is 18.8 Å². The number of carbonyl (C=O) groups excluding carboxylic acids is 2. The van der Waals surface area contributed by atoms with Gasteiger partial charge in [-0.3, -0.25) is 9.59 Å². The van der Waals surface area contributed by atoms with Gasteiger partial charge in [0.2, 0.25) is 5.91 Å². The number of ether oxygens (including phenoxy) is 1. The zero-order valence-corrected chi connectivity index (χ0v) is 12.7. The normalized spacial score (nSPS) is 9.96. The van der Waals surface area contributed by atoms with E-state index in [0.717, 1.165) is 0 Å². The van der Waals surface area contributed by atoms with Gasteiger partial charge in [0.05, 0.1) is 7.11 Å². The van der Waals surface area contributed by atoms with Crippen molar-refractivity contribution in [2.24, 2.45) is 0 Å². The van der Waals surface area contributed by atoms with E-state index in [-0.39, 0.29) is 24.9 Å². The lowest BCUT2D eigenvalue weighted by molar-refractivity contribution is -0.116. The zero-order chi connectivity index (χ0) is 16.7. The van der Waals surface area contributed by atoms with E-state index in [2.05, 4.69) is 21.6 Å². The predicted octanol–water partition coefficient (Wildman–Crippen LogP) is 1.95. The quantitative estimate of drug-likeness (QED) is 0.789. The highest BCUT2D eigenvalue weighted by Gasteiger charge is 2.18. The summed E-state index contributed by atoms with van der Waals surface area (Å²) in [7, 11) is 1.52. The van der Waals surface area contributed by atoms with E-state index in [1.165, 1.54) is 24.3 Å². The molecule has 0 saturated carbocycles. The Morgan fingerprint density at radius 2 is 2.26 bits per heavy atom. The van der Waals surface area contributed by atoms with Crippen molar-refractivity contribution >= 4 is 17.6 Å². The first-order valence-corrected chi connectivity index (χ1v) is 6.88. The zero-order valence-electron chi connectivity index (χ0n) is 12.7. The highest BCUT2D eigenvalue weighted by Crippen LogP contribution is 2.14. The Morgan fingerprint density at radius 3 is 2.91 bits per heavy atom. The second kappa shape index (κ2) is 7.79. The van der Waals surface area contributed by atoms with Gasteiger partial charge in [-0.1, -0.05) is 17.3 Å². The van der Waals surface area contributed by atoms with Crippen LogP contribution in [0.5, 0.6) is 5.75 Å². The SMILES string of the molecule is C=CCN(CC(=O)Nc1ccon1)C(=O)c1cccc(OC)c1. The maximum atomic E-state index is 12.5. The van der Waals surface area contributed by atoms with Gasteiger partial charge in [-0.25, -0.2) is 0 Å². The summed E-state index contributed by atoms with van der Waals surface area (Å²) >= 11 is 0. The molecule has 1 N–H and O–H groups in total. The number of aromatic nitrogens is 1. The van der Waals surface area contributed by atoms with E-state index in [1.807, 2.05) is 0 Å². The van der Waals surface area contributed by atoms with Crippen molar-refractivity contribution in [3.63, 3.8) is 0 Å². The maximum Gasteiger partial charge on any atom is 0.254 e. The number of hydrogen-bond donors (Lipinski definition) is 1. The molecule has 1 aromatic heterocycles. The van der Waals surface area contributed by atoms with Crippen LogP contribution in [-0.4, -0.2) is 42.1 Å². The number of amides is 2. The third kappa shape index (κ3) is 4.44. The fraction of sp³-hybridized carbons (Fsp3) is 0.188. The summed E-state index contributed by atoms with van der Waals surface area (Å²) in [6, 6.07) is 8.25. The van der Waals surface area contributed by atoms with E-state index in [1.54, 1.807) is 30.3 Å². The van der Waals surface area contributed by atoms with Gasteiger partial charge in [-0.05, 0) is 18.2 Å². The lowest BCUT2D eigenvalue weighted by atomic mass is 10.2. The van der Waals surface area contributed by atoms with E-state index in [9.17, 15) is 9.59 Å². The fourth-order valence-electron chi connectivity index (χ4n) is 1.95. The second-order valence-electron chi connectivity index (χ2n) is 4.64. The first kappa shape index (κ1) is 16.3. The van der Waals surface area contributed by atoms with Crippen LogP contribution in [0.15, 0.2) is 53.8 Å². The number of carbonyl (C=O) groups is 2. The van der Waals surface area contributed by atoms with Crippen molar-refractivity contribution in [1.29, 1.82) is 0 Å². The van der Waals surface area contributed by atoms with E-state index < -0.39 is 0 Å². The average molecular weight is 315 g/mol. The molecule has 7 nitrogen and oxygen atoms in total. The van der Waals surface area contributed by atoms with Gasteiger partial charge in [-0.15, -0.1) is 6.58 Å². The van der Waals surface area contributed by atoms with E-state index >= 15 is 0 Å². The molecule has 0 aliphatic rings. The Bertz CT molecular complexity index is 682. The Morgan fingerprint density at radius 1 is 1.43 bits per heavy atom. The second-order valence-corrected chi connectivity index (χ2v) is 4.64. The van der Waals surface area contributed by atoms with Crippen LogP contribution in [0.4, 0.5) is 5.82 Å². The summed E-state index contributed by atoms with van der Waals surface area (Å²) in [5, 5.41) is 6.13. The van der Waals surface area contributed by atoms with Crippen LogP contribution in [-0.2, 0) is 4.79 Å². The summed E-state index contributed by atoms with van der Waals surface area (Å²) in [6.45, 7) is 3.72. The lowest BCUT2D eigenvalue weighted by Gasteiger charge is -2.20. The minimum Gasteiger partial charge on any atom is -0.497 e. The van der Waals surface area contributed by atoms with Gasteiger partial charge >= 0.3 is 0 Å². The van der Waals surface area contributed by atoms with Crippen molar-refractivity contribution in [2.45, 2.75) is 0 Å². The molecule has 0 spiro atoms. The molecular formula is C16H17N3O4. The van der Waals surface area contributed by atoms with Crippen LogP contribution in [0.3, 0.4) is 0 Å². The minimum atomic E-state index is -0.378. The first-order chi connectivity index (χ1) is 11.1. The molecule has 2 aromatic rings. The molecule has 1 aromatic carbocycles. The van der Waals surface area contributed by atoms with Crippen LogP contribution in [0.25, 0.3) is 0 Å². The van der Waals surface area contributed by atoms with E-state index in [0.29, 0.717) is 17.1 Å². The number of rotatable bonds is 7. The molecule has 23 heavy (non-hydrogen) atoms. The molecule has 0 atom stereocenters. The third-order valence-electron chi connectivity index (χ3n) is 2.99. The number of benzene rings is 1. The highest BCUT2D eigenvalue weighted by atomic mass is 16.5. The molecule has 0 radical (unpaired) electrons. The largest absolute Gasteiger partial charge is 0.497 e. The van der Waals surface area contributed by atoms with Gasteiger partial charge in [0.15, 0.2) is 5.82 Å². The van der Waals surface area contributed by atoms with Crippen molar-refractivity contribution in [1.82, 2.24) is 10.1 Å². The summed E-state index contributed by atoms with van der Waals surface area (Å²) in [6.07, 6.45) is 2.90. The molecule has 0 bridgehead atoms. The van der Waals surface area contributed by atoms with Crippen LogP contribution in [0, 0.1) is 0 Å². The Labute approximate surface area is 133 Å². The lowest BCUT2D eigenvalue weighted by Crippen LogP contribution is -2.38. The van der Waals surface area contributed by atoms with Gasteiger partial charge < -0.3 is 19.5 Å². The van der Waals surface area contributed by atoms with Gasteiger partial charge in [0, 0.05) is 18.2 Å². The number of nitrogens with one attached hydrogen (secondary N) is 1. The van der Waals surface area contributed by atoms with Crippen LogP contribution in [0.1, 0.15) is 10.4 Å². The summed E-state index contributed by atoms with van der Waals surface area (Å²) in [5.41, 5.74) is 0.431. The van der Waals surface area contributed by atoms with Gasteiger partial charge in [-0.2, -0.15) is 0 Å². The molecule has 2 rings (SSSR count). The smallest absolute Gasteiger partial charge is 0.254 e. The summed E-state index contributed by atoms with van der Waals surface area (Å²) in [5.74, 6) is 0.194. The fourth-order valence-corrected chi connectivity index (χ4v) is 1.95. The molecule has 0 fully saturated rings. The predicted molar refractivity (Wildman–Crippen MR) is 84.2 cm³/mol. The molecule has 1 heterocycles. The van der Waals surface area contributed by atoms with Crippen LogP contribution < -0.4 is 10.1 Å². The van der Waals surface area contributed by atoms with Crippen molar-refractivity contribution in [2.75, 3.05) is 25.5 Å².